The third-order valence-electron chi connectivity index (χ3n) is 2.94. The van der Waals surface area contributed by atoms with Crippen molar-refractivity contribution in [3.63, 3.8) is 0 Å². The molecule has 0 amide bonds. The fourth-order valence-corrected chi connectivity index (χ4v) is 4.78. The van der Waals surface area contributed by atoms with E-state index < -0.39 is 11.9 Å². The zero-order chi connectivity index (χ0) is 16.9. The van der Waals surface area contributed by atoms with Crippen molar-refractivity contribution in [2.24, 2.45) is 0 Å². The first kappa shape index (κ1) is 17.4. The summed E-state index contributed by atoms with van der Waals surface area (Å²) in [4.78, 5) is 0. The fourth-order valence-electron chi connectivity index (χ4n) is 1.81. The summed E-state index contributed by atoms with van der Waals surface area (Å²) in [5.41, 5.74) is 1.07. The Bertz CT molecular complexity index is 751. The van der Waals surface area contributed by atoms with Gasteiger partial charge in [-0.25, -0.2) is 4.39 Å². The average molecular weight is 392 g/mol. The second-order valence-electron chi connectivity index (χ2n) is 4.57. The van der Waals surface area contributed by atoms with Gasteiger partial charge >= 0.3 is 6.08 Å². The number of aromatic nitrogens is 2. The maximum Gasteiger partial charge on any atom is 0.301 e. The number of allylic oxidation sites excluding steroid dienone is 1. The molecule has 2 heterocycles. The van der Waals surface area contributed by atoms with Gasteiger partial charge in [-0.1, -0.05) is 40.9 Å². The first-order valence-electron chi connectivity index (χ1n) is 6.79. The summed E-state index contributed by atoms with van der Waals surface area (Å²) in [7, 11) is 0. The monoisotopic (exact) mass is 392 g/mol. The summed E-state index contributed by atoms with van der Waals surface area (Å²) in [6.45, 7) is 0.241. The van der Waals surface area contributed by atoms with Gasteiger partial charge in [0.1, 0.15) is 0 Å². The number of nitrogens with zero attached hydrogens (tertiary/aromatic N) is 2. The molecule has 4 nitrogen and oxygen atoms in total. The number of halogens is 3. The molecular formula is C14H11F3N2O2S3. The summed E-state index contributed by atoms with van der Waals surface area (Å²) in [6, 6.07) is 5.75. The lowest BCUT2D eigenvalue weighted by atomic mass is 10.2. The molecule has 1 aliphatic rings. The van der Waals surface area contributed by atoms with E-state index in [2.05, 4.69) is 10.2 Å². The molecule has 1 aliphatic heterocycles. The van der Waals surface area contributed by atoms with Gasteiger partial charge in [-0.2, -0.15) is 8.78 Å². The second kappa shape index (κ2) is 8.13. The Balaban J connectivity index is 1.48. The molecule has 0 saturated carbocycles. The number of fused-ring (bicyclic) bond motifs is 1. The normalized spacial score (nSPS) is 12.5. The number of hydrogen-bond donors (Lipinski definition) is 0. The topological polar surface area (TPSA) is 44.2 Å². The third-order valence-corrected chi connectivity index (χ3v) is 6.20. The highest BCUT2D eigenvalue weighted by atomic mass is 32.2. The molecule has 0 aliphatic carbocycles. The zero-order valence-corrected chi connectivity index (χ0v) is 14.6. The molecule has 2 aromatic rings. The van der Waals surface area contributed by atoms with E-state index >= 15 is 0 Å². The summed E-state index contributed by atoms with van der Waals surface area (Å²) in [6.07, 6.45) is -2.57. The van der Waals surface area contributed by atoms with Crippen molar-refractivity contribution in [3.05, 3.63) is 35.7 Å². The zero-order valence-electron chi connectivity index (χ0n) is 12.1. The predicted molar refractivity (Wildman–Crippen MR) is 87.7 cm³/mol. The SMILES string of the molecule is FC(F)=C(F)CCSc1nnc(SCc2ccc3c(c2)OCO3)s1. The van der Waals surface area contributed by atoms with E-state index in [1.54, 1.807) is 0 Å². The first-order chi connectivity index (χ1) is 11.6. The Morgan fingerprint density at radius 1 is 1.08 bits per heavy atom. The van der Waals surface area contributed by atoms with Crippen LogP contribution < -0.4 is 9.47 Å². The van der Waals surface area contributed by atoms with E-state index in [0.717, 1.165) is 21.4 Å². The molecule has 24 heavy (non-hydrogen) atoms. The molecule has 0 atom stereocenters. The van der Waals surface area contributed by atoms with Gasteiger partial charge in [-0.15, -0.1) is 10.2 Å². The van der Waals surface area contributed by atoms with E-state index in [1.165, 1.54) is 34.9 Å². The summed E-state index contributed by atoms with van der Waals surface area (Å²) in [5, 5.41) is 8.01. The molecule has 0 unspecified atom stereocenters. The molecule has 1 aromatic heterocycles. The molecule has 128 valence electrons. The van der Waals surface area contributed by atoms with E-state index in [9.17, 15) is 13.2 Å². The molecule has 0 N–H and O–H groups in total. The van der Waals surface area contributed by atoms with Crippen molar-refractivity contribution in [2.75, 3.05) is 12.5 Å². The molecule has 1 aromatic carbocycles. The van der Waals surface area contributed by atoms with E-state index in [-0.39, 0.29) is 19.0 Å². The molecule has 0 bridgehead atoms. The lowest BCUT2D eigenvalue weighted by Gasteiger charge is -2.00. The van der Waals surface area contributed by atoms with Crippen LogP contribution in [0.15, 0.2) is 38.8 Å². The molecule has 10 heteroatoms. The molecule has 0 saturated heterocycles. The third kappa shape index (κ3) is 4.58. The van der Waals surface area contributed by atoms with Gasteiger partial charge in [-0.05, 0) is 17.7 Å². The van der Waals surface area contributed by atoms with Crippen LogP contribution in [0.1, 0.15) is 12.0 Å². The van der Waals surface area contributed by atoms with Crippen LogP contribution in [-0.2, 0) is 5.75 Å². The lowest BCUT2D eigenvalue weighted by Crippen LogP contribution is -1.92. The van der Waals surface area contributed by atoms with Gasteiger partial charge in [0, 0.05) is 17.9 Å². The highest BCUT2D eigenvalue weighted by Crippen LogP contribution is 2.36. The van der Waals surface area contributed by atoms with Crippen molar-refractivity contribution >= 4 is 34.9 Å². The van der Waals surface area contributed by atoms with Crippen molar-refractivity contribution in [1.29, 1.82) is 0 Å². The maximum absolute atomic E-state index is 12.7. The minimum absolute atomic E-state index is 0.199. The number of rotatable bonds is 7. The van der Waals surface area contributed by atoms with Crippen LogP contribution in [0.3, 0.4) is 0 Å². The van der Waals surface area contributed by atoms with Crippen molar-refractivity contribution in [3.8, 4) is 11.5 Å². The summed E-state index contributed by atoms with van der Waals surface area (Å²) in [5.74, 6) is 0.996. The number of benzene rings is 1. The standard InChI is InChI=1S/C14H11F3N2O2S3/c15-9(12(16)17)3-4-22-13-18-19-14(24-13)23-6-8-1-2-10-11(5-8)21-7-20-10/h1-2,5H,3-4,6-7H2. The predicted octanol–water partition coefficient (Wildman–Crippen LogP) is 5.12. The van der Waals surface area contributed by atoms with Crippen molar-refractivity contribution in [2.45, 2.75) is 20.9 Å². The van der Waals surface area contributed by atoms with Crippen molar-refractivity contribution < 1.29 is 22.6 Å². The van der Waals surface area contributed by atoms with Crippen LogP contribution in [0.4, 0.5) is 13.2 Å². The summed E-state index contributed by atoms with van der Waals surface area (Å²) >= 11 is 4.09. The van der Waals surface area contributed by atoms with Crippen LogP contribution in [0.25, 0.3) is 0 Å². The Kier molecular flexibility index (Phi) is 5.90. The van der Waals surface area contributed by atoms with Crippen LogP contribution in [0.2, 0.25) is 0 Å². The van der Waals surface area contributed by atoms with Crippen LogP contribution in [0.5, 0.6) is 11.5 Å². The maximum atomic E-state index is 12.7. The Labute approximate surface area is 148 Å². The van der Waals surface area contributed by atoms with Gasteiger partial charge in [0.15, 0.2) is 26.0 Å². The van der Waals surface area contributed by atoms with Crippen LogP contribution >= 0.6 is 34.9 Å². The Morgan fingerprint density at radius 2 is 1.83 bits per heavy atom. The minimum Gasteiger partial charge on any atom is -0.454 e. The molecule has 0 radical (unpaired) electrons. The van der Waals surface area contributed by atoms with E-state index in [4.69, 9.17) is 9.47 Å². The number of ether oxygens (including phenoxy) is 2. The Morgan fingerprint density at radius 3 is 2.62 bits per heavy atom. The van der Waals surface area contributed by atoms with E-state index in [1.807, 2.05) is 18.2 Å². The van der Waals surface area contributed by atoms with E-state index in [0.29, 0.717) is 10.1 Å². The van der Waals surface area contributed by atoms with Crippen LogP contribution in [-0.4, -0.2) is 22.7 Å². The first-order valence-corrected chi connectivity index (χ1v) is 9.58. The highest BCUT2D eigenvalue weighted by molar-refractivity contribution is 8.02. The van der Waals surface area contributed by atoms with Crippen molar-refractivity contribution in [1.82, 2.24) is 10.2 Å². The largest absolute Gasteiger partial charge is 0.454 e. The van der Waals surface area contributed by atoms with Gasteiger partial charge in [0.05, 0.1) is 0 Å². The van der Waals surface area contributed by atoms with Gasteiger partial charge in [-0.3, -0.25) is 0 Å². The molecule has 0 spiro atoms. The van der Waals surface area contributed by atoms with Crippen LogP contribution in [0, 0.1) is 0 Å². The second-order valence-corrected chi connectivity index (χ2v) is 8.12. The highest BCUT2D eigenvalue weighted by Gasteiger charge is 2.14. The number of thioether (sulfide) groups is 2. The fraction of sp³-hybridized carbons (Fsp3) is 0.286. The minimum atomic E-state index is -2.26. The number of hydrogen-bond acceptors (Lipinski definition) is 7. The average Bonchev–Trinajstić information content (AvgIpc) is 3.21. The van der Waals surface area contributed by atoms with Gasteiger partial charge in [0.2, 0.25) is 6.79 Å². The van der Waals surface area contributed by atoms with Gasteiger partial charge in [0.25, 0.3) is 0 Å². The molecule has 0 fully saturated rings. The van der Waals surface area contributed by atoms with Gasteiger partial charge < -0.3 is 9.47 Å². The quantitative estimate of drug-likeness (QED) is 0.610. The Hall–Kier alpha value is -1.39. The lowest BCUT2D eigenvalue weighted by molar-refractivity contribution is 0.174. The molecule has 3 rings (SSSR count). The molecular weight excluding hydrogens is 381 g/mol. The summed E-state index contributed by atoms with van der Waals surface area (Å²) < 4.78 is 48.6. The smallest absolute Gasteiger partial charge is 0.301 e.